The fourth-order valence-electron chi connectivity index (χ4n) is 3.07. The van der Waals surface area contributed by atoms with Gasteiger partial charge in [0.15, 0.2) is 23.4 Å². The first-order chi connectivity index (χ1) is 13.3. The minimum atomic E-state index is 0.604. The van der Waals surface area contributed by atoms with Gasteiger partial charge in [-0.05, 0) is 24.3 Å². The smallest absolute Gasteiger partial charge is 0.181 e. The summed E-state index contributed by atoms with van der Waals surface area (Å²) in [5.41, 5.74) is 6.13. The zero-order valence-corrected chi connectivity index (χ0v) is 13.7. The third kappa shape index (κ3) is 2.18. The number of aromatic nitrogens is 8. The van der Waals surface area contributed by atoms with Crippen molar-refractivity contribution >= 4 is 33.3 Å². The molecule has 0 unspecified atom stereocenters. The third-order valence-electron chi connectivity index (χ3n) is 4.38. The second-order valence-electron chi connectivity index (χ2n) is 6.05. The Hall–Kier alpha value is -4.14. The predicted octanol–water partition coefficient (Wildman–Crippen LogP) is 3.10. The molecule has 1 aromatic carbocycles. The van der Waals surface area contributed by atoms with Gasteiger partial charge in [0.1, 0.15) is 34.4 Å². The molecule has 0 radical (unpaired) electrons. The maximum atomic E-state index is 5.37. The van der Waals surface area contributed by atoms with Crippen LogP contribution in [0.4, 0.5) is 0 Å². The Balaban J connectivity index is 1.46. The molecule has 6 aromatic rings. The van der Waals surface area contributed by atoms with Crippen molar-refractivity contribution in [1.29, 1.82) is 0 Å². The zero-order valence-electron chi connectivity index (χ0n) is 13.7. The fraction of sp³-hybridized carbons (Fsp3) is 0. The Morgan fingerprint density at radius 3 is 2.74 bits per heavy atom. The van der Waals surface area contributed by atoms with Gasteiger partial charge in [0.2, 0.25) is 0 Å². The van der Waals surface area contributed by atoms with Crippen molar-refractivity contribution in [2.45, 2.75) is 0 Å². The van der Waals surface area contributed by atoms with E-state index in [2.05, 4.69) is 39.9 Å². The summed E-state index contributed by atoms with van der Waals surface area (Å²) in [7, 11) is 0. The maximum absolute atomic E-state index is 5.37. The number of imidazole rings is 2. The van der Waals surface area contributed by atoms with Crippen LogP contribution in [0, 0.1) is 0 Å². The number of nitrogens with zero attached hydrogens (tertiary/aromatic N) is 6. The number of benzene rings is 1. The van der Waals surface area contributed by atoms with Crippen LogP contribution in [0.3, 0.4) is 0 Å². The minimum Gasteiger partial charge on any atom is -0.443 e. The van der Waals surface area contributed by atoms with Gasteiger partial charge in [0.25, 0.3) is 0 Å². The first-order valence-electron chi connectivity index (χ1n) is 8.19. The normalized spacial score (nSPS) is 11.7. The number of H-pyrrole nitrogens is 2. The van der Waals surface area contributed by atoms with Gasteiger partial charge in [0, 0.05) is 5.56 Å². The molecule has 0 fully saturated rings. The SMILES string of the molecule is c1ncc2[nH]c(-c3cc4[nH]c(-c5ccc6ncoc6c5)nc4cn3)nc2n1. The summed E-state index contributed by atoms with van der Waals surface area (Å²) in [5.74, 6) is 1.37. The lowest BCUT2D eigenvalue weighted by atomic mass is 10.2. The van der Waals surface area contributed by atoms with E-state index in [0.29, 0.717) is 17.2 Å². The van der Waals surface area contributed by atoms with E-state index < -0.39 is 0 Å². The van der Waals surface area contributed by atoms with Crippen molar-refractivity contribution in [3.63, 3.8) is 0 Å². The van der Waals surface area contributed by atoms with E-state index in [1.54, 1.807) is 12.4 Å². The number of nitrogens with one attached hydrogen (secondary N) is 2. The number of hydrogen-bond acceptors (Lipinski definition) is 7. The van der Waals surface area contributed by atoms with Gasteiger partial charge in [-0.1, -0.05) is 0 Å². The molecular weight excluding hydrogens is 344 g/mol. The van der Waals surface area contributed by atoms with Gasteiger partial charge in [-0.25, -0.2) is 24.9 Å². The van der Waals surface area contributed by atoms with Crippen LogP contribution in [0.15, 0.2) is 53.8 Å². The van der Waals surface area contributed by atoms with Crippen LogP contribution >= 0.6 is 0 Å². The van der Waals surface area contributed by atoms with Crippen molar-refractivity contribution in [2.75, 3.05) is 0 Å². The molecule has 0 aliphatic carbocycles. The first-order valence-corrected chi connectivity index (χ1v) is 8.19. The van der Waals surface area contributed by atoms with E-state index in [1.807, 2.05) is 24.3 Å². The standard InChI is InChI=1S/C18H10N8O/c1-2-10-15(27-8-22-10)3-9(1)16-23-11-4-12(20-6-13(11)24-16)18-25-14-5-19-7-21-17(14)26-18/h1-8H,(H,23,24)(H,19,21,25,26). The monoisotopic (exact) mass is 354 g/mol. The number of rotatable bonds is 2. The van der Waals surface area contributed by atoms with Crippen LogP contribution in [0.1, 0.15) is 0 Å². The molecule has 0 aliphatic heterocycles. The van der Waals surface area contributed by atoms with Gasteiger partial charge in [-0.2, -0.15) is 0 Å². The van der Waals surface area contributed by atoms with Gasteiger partial charge in [0.05, 0.1) is 17.9 Å². The Bertz CT molecular complexity index is 1410. The van der Waals surface area contributed by atoms with Gasteiger partial charge < -0.3 is 14.4 Å². The Morgan fingerprint density at radius 2 is 1.78 bits per heavy atom. The highest BCUT2D eigenvalue weighted by Crippen LogP contribution is 2.26. The average molecular weight is 354 g/mol. The molecule has 0 saturated heterocycles. The number of hydrogen-bond donors (Lipinski definition) is 2. The quantitative estimate of drug-likeness (QED) is 0.490. The van der Waals surface area contributed by atoms with Crippen molar-refractivity contribution in [3.8, 4) is 22.9 Å². The lowest BCUT2D eigenvalue weighted by molar-refractivity contribution is 0.602. The number of aromatic amines is 2. The molecule has 128 valence electrons. The summed E-state index contributed by atoms with van der Waals surface area (Å²) in [6.07, 6.45) is 6.30. The van der Waals surface area contributed by atoms with Crippen LogP contribution in [-0.2, 0) is 0 Å². The van der Waals surface area contributed by atoms with Gasteiger partial charge >= 0.3 is 0 Å². The summed E-state index contributed by atoms with van der Waals surface area (Å²) in [6, 6.07) is 7.67. The Morgan fingerprint density at radius 1 is 0.815 bits per heavy atom. The predicted molar refractivity (Wildman–Crippen MR) is 97.6 cm³/mol. The van der Waals surface area contributed by atoms with E-state index >= 15 is 0 Å². The van der Waals surface area contributed by atoms with Crippen LogP contribution in [-0.4, -0.2) is 39.9 Å². The summed E-state index contributed by atoms with van der Waals surface area (Å²) in [5, 5.41) is 0. The van der Waals surface area contributed by atoms with Crippen molar-refractivity contribution in [1.82, 2.24) is 39.9 Å². The van der Waals surface area contributed by atoms with Gasteiger partial charge in [-0.15, -0.1) is 0 Å². The highest BCUT2D eigenvalue weighted by atomic mass is 16.3. The summed E-state index contributed by atoms with van der Waals surface area (Å²) in [4.78, 5) is 32.3. The Labute approximate surface area is 150 Å². The Kier molecular flexibility index (Phi) is 2.70. The largest absolute Gasteiger partial charge is 0.443 e. The van der Waals surface area contributed by atoms with Crippen LogP contribution in [0.5, 0.6) is 0 Å². The second kappa shape index (κ2) is 5.18. The fourth-order valence-corrected chi connectivity index (χ4v) is 3.07. The highest BCUT2D eigenvalue weighted by Gasteiger charge is 2.12. The molecular formula is C18H10N8O. The molecule has 0 atom stereocenters. The van der Waals surface area contributed by atoms with Crippen LogP contribution in [0.2, 0.25) is 0 Å². The molecule has 0 spiro atoms. The zero-order chi connectivity index (χ0) is 17.8. The van der Waals surface area contributed by atoms with Crippen LogP contribution < -0.4 is 0 Å². The molecule has 0 saturated carbocycles. The number of fused-ring (bicyclic) bond motifs is 3. The topological polar surface area (TPSA) is 122 Å². The van der Waals surface area contributed by atoms with E-state index in [4.69, 9.17) is 4.42 Å². The average Bonchev–Trinajstić information content (AvgIpc) is 3.42. The van der Waals surface area contributed by atoms with Gasteiger partial charge in [-0.3, -0.25) is 4.98 Å². The van der Waals surface area contributed by atoms with E-state index in [0.717, 1.165) is 39.0 Å². The van der Waals surface area contributed by atoms with E-state index in [1.165, 1.54) is 12.7 Å². The molecule has 6 rings (SSSR count). The van der Waals surface area contributed by atoms with Crippen molar-refractivity contribution in [2.24, 2.45) is 0 Å². The van der Waals surface area contributed by atoms with Crippen LogP contribution in [0.25, 0.3) is 56.2 Å². The lowest BCUT2D eigenvalue weighted by Crippen LogP contribution is -1.85. The van der Waals surface area contributed by atoms with Crippen molar-refractivity contribution in [3.05, 3.63) is 49.4 Å². The summed E-state index contributed by atoms with van der Waals surface area (Å²) in [6.45, 7) is 0. The number of oxazole rings is 1. The molecule has 5 aromatic heterocycles. The molecule has 9 nitrogen and oxygen atoms in total. The summed E-state index contributed by atoms with van der Waals surface area (Å²) >= 11 is 0. The second-order valence-corrected chi connectivity index (χ2v) is 6.05. The molecule has 9 heteroatoms. The molecule has 27 heavy (non-hydrogen) atoms. The third-order valence-corrected chi connectivity index (χ3v) is 4.38. The molecule has 2 N–H and O–H groups in total. The van der Waals surface area contributed by atoms with Crippen molar-refractivity contribution < 1.29 is 4.42 Å². The number of pyridine rings is 1. The summed E-state index contributed by atoms with van der Waals surface area (Å²) < 4.78 is 5.37. The van der Waals surface area contributed by atoms with E-state index in [9.17, 15) is 0 Å². The van der Waals surface area contributed by atoms with E-state index in [-0.39, 0.29) is 0 Å². The maximum Gasteiger partial charge on any atom is 0.181 e. The molecule has 0 amide bonds. The minimum absolute atomic E-state index is 0.604. The first kappa shape index (κ1) is 14.1. The highest BCUT2D eigenvalue weighted by molar-refractivity contribution is 5.84. The lowest BCUT2D eigenvalue weighted by Gasteiger charge is -1.95. The molecule has 5 heterocycles. The molecule has 0 bridgehead atoms. The molecule has 0 aliphatic rings.